The van der Waals surface area contributed by atoms with Crippen LogP contribution in [-0.2, 0) is 14.9 Å². The molecular weight excluding hydrogens is 292 g/mol. The molecule has 8 heteroatoms. The molecule has 0 atom stereocenters. The molecule has 1 aromatic rings. The van der Waals surface area contributed by atoms with Gasteiger partial charge in [-0.15, -0.1) is 0 Å². The van der Waals surface area contributed by atoms with Crippen LogP contribution in [0.1, 0.15) is 20.8 Å². The van der Waals surface area contributed by atoms with E-state index in [4.69, 9.17) is 16.3 Å². The maximum Gasteiger partial charge on any atom is 0.422 e. The topological polar surface area (TPSA) is 84.5 Å². The molecule has 0 aromatic heterocycles. The Bertz CT molecular complexity index is 566. The number of hydrogen-bond donors (Lipinski definition) is 2. The second-order valence-electron chi connectivity index (χ2n) is 4.72. The van der Waals surface area contributed by atoms with Gasteiger partial charge in [-0.25, -0.2) is 9.52 Å². The van der Waals surface area contributed by atoms with Crippen LogP contribution >= 0.6 is 11.6 Å². The molecule has 2 N–H and O–H groups in total. The van der Waals surface area contributed by atoms with Crippen LogP contribution < -0.4 is 9.44 Å². The average molecular weight is 307 g/mol. The zero-order valence-electron chi connectivity index (χ0n) is 10.7. The Morgan fingerprint density at radius 1 is 1.32 bits per heavy atom. The minimum Gasteiger partial charge on any atom is -0.443 e. The standard InChI is InChI=1S/C11H15ClN2O4S/c1-11(2,3)18-10(15)14-19(16,17)13-9-6-4-5-8(12)7-9/h4-7,13H,1-3H3,(H,14,15). The Kier molecular flexibility index (Phi) is 4.65. The molecule has 106 valence electrons. The van der Waals surface area contributed by atoms with E-state index >= 15 is 0 Å². The smallest absolute Gasteiger partial charge is 0.422 e. The fourth-order valence-corrected chi connectivity index (χ4v) is 2.08. The summed E-state index contributed by atoms with van der Waals surface area (Å²) < 4.78 is 32.0. The zero-order chi connectivity index (χ0) is 14.7. The highest BCUT2D eigenvalue weighted by Gasteiger charge is 2.21. The van der Waals surface area contributed by atoms with Gasteiger partial charge in [-0.05, 0) is 39.0 Å². The normalized spacial score (nSPS) is 11.8. The van der Waals surface area contributed by atoms with E-state index in [0.29, 0.717) is 5.02 Å². The van der Waals surface area contributed by atoms with Gasteiger partial charge in [0.25, 0.3) is 0 Å². The maximum atomic E-state index is 11.6. The average Bonchev–Trinajstić information content (AvgIpc) is 2.11. The SMILES string of the molecule is CC(C)(C)OC(=O)NS(=O)(=O)Nc1cccc(Cl)c1. The lowest BCUT2D eigenvalue weighted by molar-refractivity contribution is 0.0570. The van der Waals surface area contributed by atoms with Crippen molar-refractivity contribution in [3.05, 3.63) is 29.3 Å². The molecule has 1 rings (SSSR count). The van der Waals surface area contributed by atoms with Crippen molar-refractivity contribution in [3.63, 3.8) is 0 Å². The van der Waals surface area contributed by atoms with Crippen molar-refractivity contribution >= 4 is 33.6 Å². The summed E-state index contributed by atoms with van der Waals surface area (Å²) in [5, 5.41) is 0.373. The first kappa shape index (κ1) is 15.6. The van der Waals surface area contributed by atoms with Crippen molar-refractivity contribution < 1.29 is 17.9 Å². The summed E-state index contributed by atoms with van der Waals surface area (Å²) in [6, 6.07) is 6.09. The molecule has 0 unspecified atom stereocenters. The molecule has 0 spiro atoms. The minimum absolute atomic E-state index is 0.239. The predicted octanol–water partition coefficient (Wildman–Crippen LogP) is 2.52. The first-order valence-corrected chi connectivity index (χ1v) is 7.23. The van der Waals surface area contributed by atoms with Gasteiger partial charge in [0.15, 0.2) is 0 Å². The van der Waals surface area contributed by atoms with Gasteiger partial charge in [0.05, 0.1) is 5.69 Å². The van der Waals surface area contributed by atoms with Crippen molar-refractivity contribution in [2.24, 2.45) is 0 Å². The van der Waals surface area contributed by atoms with E-state index in [2.05, 4.69) is 4.72 Å². The van der Waals surface area contributed by atoms with E-state index in [-0.39, 0.29) is 5.69 Å². The lowest BCUT2D eigenvalue weighted by Gasteiger charge is -2.19. The molecule has 1 amide bonds. The molecule has 0 radical (unpaired) electrons. The molecule has 0 aliphatic heterocycles. The number of anilines is 1. The van der Waals surface area contributed by atoms with Gasteiger partial charge in [-0.2, -0.15) is 8.42 Å². The Morgan fingerprint density at radius 2 is 1.95 bits per heavy atom. The van der Waals surface area contributed by atoms with Crippen LogP contribution in [0.3, 0.4) is 0 Å². The first-order valence-electron chi connectivity index (χ1n) is 5.36. The van der Waals surface area contributed by atoms with Crippen LogP contribution in [-0.4, -0.2) is 20.1 Å². The minimum atomic E-state index is -4.06. The molecule has 0 aliphatic carbocycles. The highest BCUT2D eigenvalue weighted by Crippen LogP contribution is 2.15. The largest absolute Gasteiger partial charge is 0.443 e. The van der Waals surface area contributed by atoms with Crippen molar-refractivity contribution in [1.82, 2.24) is 4.72 Å². The number of hydrogen-bond acceptors (Lipinski definition) is 4. The van der Waals surface area contributed by atoms with Crippen LogP contribution in [0.5, 0.6) is 0 Å². The predicted molar refractivity (Wildman–Crippen MR) is 73.4 cm³/mol. The monoisotopic (exact) mass is 306 g/mol. The molecular formula is C11H15ClN2O4S. The van der Waals surface area contributed by atoms with Crippen LogP contribution in [0, 0.1) is 0 Å². The van der Waals surface area contributed by atoms with Gasteiger partial charge >= 0.3 is 16.3 Å². The van der Waals surface area contributed by atoms with Crippen molar-refractivity contribution in [2.75, 3.05) is 4.72 Å². The number of nitrogens with one attached hydrogen (secondary N) is 2. The zero-order valence-corrected chi connectivity index (χ0v) is 12.3. The Labute approximate surface area is 117 Å². The molecule has 0 aliphatic rings. The van der Waals surface area contributed by atoms with E-state index in [1.165, 1.54) is 12.1 Å². The highest BCUT2D eigenvalue weighted by atomic mass is 35.5. The molecule has 0 fully saturated rings. The van der Waals surface area contributed by atoms with Crippen LogP contribution in [0.25, 0.3) is 0 Å². The summed E-state index contributed by atoms with van der Waals surface area (Å²) in [6.45, 7) is 4.89. The second-order valence-corrected chi connectivity index (χ2v) is 6.57. The van der Waals surface area contributed by atoms with Gasteiger partial charge in [0.2, 0.25) is 0 Å². The summed E-state index contributed by atoms with van der Waals surface area (Å²) in [7, 11) is -4.06. The third kappa shape index (κ3) is 6.30. The fraction of sp³-hybridized carbons (Fsp3) is 0.364. The van der Waals surface area contributed by atoms with Gasteiger partial charge < -0.3 is 4.74 Å². The summed E-state index contributed by atoms with van der Waals surface area (Å²) in [4.78, 5) is 11.4. The molecule has 6 nitrogen and oxygen atoms in total. The third-order valence-corrected chi connectivity index (χ3v) is 2.87. The van der Waals surface area contributed by atoms with Gasteiger partial charge in [0, 0.05) is 5.02 Å². The van der Waals surface area contributed by atoms with E-state index in [0.717, 1.165) is 0 Å². The Balaban J connectivity index is 2.70. The van der Waals surface area contributed by atoms with E-state index in [1.54, 1.807) is 37.6 Å². The fourth-order valence-electron chi connectivity index (χ4n) is 1.14. The second kappa shape index (κ2) is 5.66. The number of benzene rings is 1. The molecule has 0 bridgehead atoms. The van der Waals surface area contributed by atoms with Crippen molar-refractivity contribution in [2.45, 2.75) is 26.4 Å². The van der Waals surface area contributed by atoms with Crippen LogP contribution in [0.2, 0.25) is 5.02 Å². The number of carbonyl (C=O) groups is 1. The Morgan fingerprint density at radius 3 is 2.47 bits per heavy atom. The van der Waals surface area contributed by atoms with Gasteiger partial charge in [0.1, 0.15) is 5.60 Å². The van der Waals surface area contributed by atoms with Crippen LogP contribution in [0.15, 0.2) is 24.3 Å². The van der Waals surface area contributed by atoms with E-state index in [1.807, 2.05) is 0 Å². The quantitative estimate of drug-likeness (QED) is 0.898. The summed E-state index contributed by atoms with van der Waals surface area (Å²) in [5.41, 5.74) is -0.543. The van der Waals surface area contributed by atoms with Crippen LogP contribution in [0.4, 0.5) is 10.5 Å². The Hall–Kier alpha value is -1.47. The lowest BCUT2D eigenvalue weighted by Crippen LogP contribution is -2.39. The molecule has 19 heavy (non-hydrogen) atoms. The van der Waals surface area contributed by atoms with Gasteiger partial charge in [-0.1, -0.05) is 17.7 Å². The summed E-state index contributed by atoms with van der Waals surface area (Å²) in [5.74, 6) is 0. The number of carbonyl (C=O) groups excluding carboxylic acids is 1. The third-order valence-electron chi connectivity index (χ3n) is 1.69. The first-order chi connectivity index (χ1) is 8.57. The number of rotatable bonds is 3. The lowest BCUT2D eigenvalue weighted by atomic mass is 10.2. The van der Waals surface area contributed by atoms with E-state index in [9.17, 15) is 13.2 Å². The van der Waals surface area contributed by atoms with Crippen molar-refractivity contribution in [1.29, 1.82) is 0 Å². The number of halogens is 1. The molecule has 0 saturated carbocycles. The summed E-state index contributed by atoms with van der Waals surface area (Å²) in [6.07, 6.45) is -1.05. The summed E-state index contributed by atoms with van der Waals surface area (Å²) >= 11 is 5.72. The number of ether oxygens (including phenoxy) is 1. The molecule has 1 aromatic carbocycles. The maximum absolute atomic E-state index is 11.6. The molecule has 0 heterocycles. The van der Waals surface area contributed by atoms with Crippen molar-refractivity contribution in [3.8, 4) is 0 Å². The highest BCUT2D eigenvalue weighted by molar-refractivity contribution is 7.91. The van der Waals surface area contributed by atoms with E-state index < -0.39 is 21.9 Å². The molecule has 0 saturated heterocycles. The van der Waals surface area contributed by atoms with Gasteiger partial charge in [-0.3, -0.25) is 4.72 Å². The number of amides is 1.